The van der Waals surface area contributed by atoms with Gasteiger partial charge in [0.25, 0.3) is 0 Å². The molecule has 0 unspecified atom stereocenters. The number of carboxylic acids is 1. The molecule has 0 amide bonds. The van der Waals surface area contributed by atoms with E-state index in [2.05, 4.69) is 54.7 Å². The van der Waals surface area contributed by atoms with Gasteiger partial charge in [0.1, 0.15) is 11.3 Å². The Kier molecular flexibility index (Phi) is 5.81. The van der Waals surface area contributed by atoms with Crippen molar-refractivity contribution in [1.29, 1.82) is 0 Å². The summed E-state index contributed by atoms with van der Waals surface area (Å²) in [7, 11) is 1.70. The smallest absolute Gasteiger partial charge is 0.329 e. The highest BCUT2D eigenvalue weighted by molar-refractivity contribution is 6.30. The quantitative estimate of drug-likeness (QED) is 0.428. The number of hydrogen-bond donors (Lipinski definition) is 2. The maximum absolute atomic E-state index is 12.6. The number of carbonyl (C=O) groups is 1. The van der Waals surface area contributed by atoms with Crippen LogP contribution < -0.4 is 10.1 Å². The molecule has 176 valence electrons. The number of benzene rings is 3. The first kappa shape index (κ1) is 22.8. The molecule has 0 heterocycles. The van der Waals surface area contributed by atoms with Crippen molar-refractivity contribution in [2.75, 3.05) is 12.4 Å². The fraction of sp³-hybridized carbons (Fsp3) is 0.345. The summed E-state index contributed by atoms with van der Waals surface area (Å²) in [5, 5.41) is 14.3. The van der Waals surface area contributed by atoms with Crippen molar-refractivity contribution >= 4 is 23.3 Å². The van der Waals surface area contributed by atoms with Gasteiger partial charge in [-0.05, 0) is 91.5 Å². The molecule has 0 aliphatic heterocycles. The molecular weight excluding hydrogens is 446 g/mol. The lowest BCUT2D eigenvalue weighted by molar-refractivity contribution is -0.144. The number of rotatable bonds is 5. The molecule has 1 saturated carbocycles. The zero-order valence-corrected chi connectivity index (χ0v) is 20.4. The van der Waals surface area contributed by atoms with E-state index >= 15 is 0 Å². The zero-order valence-electron chi connectivity index (χ0n) is 19.6. The molecule has 2 N–H and O–H groups in total. The van der Waals surface area contributed by atoms with Gasteiger partial charge in [-0.25, -0.2) is 4.79 Å². The normalized spacial score (nSPS) is 25.7. The molecule has 2 aliphatic carbocycles. The van der Waals surface area contributed by atoms with Crippen LogP contribution in [0.1, 0.15) is 53.9 Å². The molecule has 1 fully saturated rings. The molecule has 3 aromatic rings. The summed E-state index contributed by atoms with van der Waals surface area (Å²) in [4.78, 5) is 12.6. The SMILES string of the molecule is COc1ccc([C@@H]2Cc3ccccc3C23CCC(Nc2cccc(Cl)c2)(C(=O)O)CC3)cc1C. The zero-order chi connectivity index (χ0) is 23.9. The van der Waals surface area contributed by atoms with Crippen LogP contribution >= 0.6 is 11.6 Å². The fourth-order valence-corrected chi connectivity index (χ4v) is 6.51. The lowest BCUT2D eigenvalue weighted by atomic mass is 9.59. The van der Waals surface area contributed by atoms with Gasteiger partial charge < -0.3 is 15.2 Å². The first-order valence-corrected chi connectivity index (χ1v) is 12.2. The van der Waals surface area contributed by atoms with Crippen LogP contribution in [0.15, 0.2) is 66.7 Å². The Bertz CT molecular complexity index is 1230. The van der Waals surface area contributed by atoms with Crippen molar-refractivity contribution in [2.24, 2.45) is 0 Å². The Morgan fingerprint density at radius 1 is 1.03 bits per heavy atom. The Hall–Kier alpha value is -2.98. The highest BCUT2D eigenvalue weighted by atomic mass is 35.5. The van der Waals surface area contributed by atoms with E-state index in [0.717, 1.165) is 36.3 Å². The summed E-state index contributed by atoms with van der Waals surface area (Å²) >= 11 is 6.17. The summed E-state index contributed by atoms with van der Waals surface area (Å²) in [5.41, 5.74) is 4.87. The lowest BCUT2D eigenvalue weighted by Crippen LogP contribution is -2.52. The van der Waals surface area contributed by atoms with E-state index < -0.39 is 11.5 Å². The van der Waals surface area contributed by atoms with Gasteiger partial charge in [-0.1, -0.05) is 54.1 Å². The number of aliphatic carboxylic acids is 1. The number of hydrogen-bond acceptors (Lipinski definition) is 3. The largest absolute Gasteiger partial charge is 0.496 e. The van der Waals surface area contributed by atoms with E-state index in [-0.39, 0.29) is 5.41 Å². The summed E-state index contributed by atoms with van der Waals surface area (Å²) in [5.74, 6) is 0.408. The van der Waals surface area contributed by atoms with Crippen molar-refractivity contribution in [2.45, 2.75) is 55.9 Å². The van der Waals surface area contributed by atoms with Crippen LogP contribution in [-0.2, 0) is 16.6 Å². The molecule has 1 atom stereocenters. The average Bonchev–Trinajstić information content (AvgIpc) is 3.15. The molecule has 5 heteroatoms. The predicted octanol–water partition coefficient (Wildman–Crippen LogP) is 6.74. The summed E-state index contributed by atoms with van der Waals surface area (Å²) in [6.45, 7) is 2.09. The third-order valence-corrected chi connectivity index (χ3v) is 8.31. The number of halogens is 1. The van der Waals surface area contributed by atoms with Gasteiger partial charge in [0.2, 0.25) is 0 Å². The third kappa shape index (κ3) is 3.74. The monoisotopic (exact) mass is 475 g/mol. The van der Waals surface area contributed by atoms with E-state index in [1.165, 1.54) is 16.7 Å². The molecule has 0 saturated heterocycles. The van der Waals surface area contributed by atoms with Crippen LogP contribution in [0.5, 0.6) is 5.75 Å². The number of fused-ring (bicyclic) bond motifs is 2. The van der Waals surface area contributed by atoms with Crippen LogP contribution in [0.25, 0.3) is 0 Å². The van der Waals surface area contributed by atoms with Crippen LogP contribution in [0.4, 0.5) is 5.69 Å². The van der Waals surface area contributed by atoms with Crippen molar-refractivity contribution in [3.8, 4) is 5.75 Å². The molecule has 5 rings (SSSR count). The average molecular weight is 476 g/mol. The Morgan fingerprint density at radius 3 is 2.47 bits per heavy atom. The summed E-state index contributed by atoms with van der Waals surface area (Å²) in [6, 6.07) is 22.5. The molecule has 34 heavy (non-hydrogen) atoms. The number of carboxylic acid groups (broad SMARTS) is 1. The van der Waals surface area contributed by atoms with Gasteiger partial charge in [0, 0.05) is 16.1 Å². The standard InChI is InChI=1S/C29H30ClNO3/c1-19-16-21(10-11-26(19)34-2)25-17-20-6-3-4-9-24(20)28(25)12-14-29(15-13-28,27(32)33)31-23-8-5-7-22(30)18-23/h3-11,16,18,25,31H,12-15,17H2,1-2H3,(H,32,33)/t25-,28?,29?/m0/s1. The van der Waals surface area contributed by atoms with Gasteiger partial charge in [0.15, 0.2) is 0 Å². The molecule has 0 radical (unpaired) electrons. The maximum Gasteiger partial charge on any atom is 0.329 e. The Morgan fingerprint density at radius 2 is 1.79 bits per heavy atom. The van der Waals surface area contributed by atoms with Gasteiger partial charge in [-0.15, -0.1) is 0 Å². The van der Waals surface area contributed by atoms with Crippen molar-refractivity contribution in [3.05, 3.63) is 94.0 Å². The number of anilines is 1. The molecular formula is C29H30ClNO3. The van der Waals surface area contributed by atoms with Gasteiger partial charge in [0.05, 0.1) is 7.11 Å². The maximum atomic E-state index is 12.6. The molecule has 4 nitrogen and oxygen atoms in total. The number of nitrogens with one attached hydrogen (secondary N) is 1. The minimum Gasteiger partial charge on any atom is -0.496 e. The third-order valence-electron chi connectivity index (χ3n) is 8.08. The lowest BCUT2D eigenvalue weighted by Gasteiger charge is -2.47. The van der Waals surface area contributed by atoms with Crippen LogP contribution in [0.2, 0.25) is 5.02 Å². The van der Waals surface area contributed by atoms with E-state index in [1.807, 2.05) is 12.1 Å². The van der Waals surface area contributed by atoms with Crippen LogP contribution in [-0.4, -0.2) is 23.7 Å². The van der Waals surface area contributed by atoms with Crippen LogP contribution in [0, 0.1) is 6.92 Å². The second kappa shape index (κ2) is 8.66. The van der Waals surface area contributed by atoms with Gasteiger partial charge >= 0.3 is 5.97 Å². The van der Waals surface area contributed by atoms with Gasteiger partial charge in [-0.2, -0.15) is 0 Å². The van der Waals surface area contributed by atoms with Crippen molar-refractivity contribution < 1.29 is 14.6 Å². The summed E-state index contributed by atoms with van der Waals surface area (Å²) < 4.78 is 5.50. The van der Waals surface area contributed by atoms with Gasteiger partial charge in [-0.3, -0.25) is 0 Å². The minimum absolute atomic E-state index is 0.0768. The topological polar surface area (TPSA) is 58.6 Å². The molecule has 0 bridgehead atoms. The first-order valence-electron chi connectivity index (χ1n) is 11.9. The summed E-state index contributed by atoms with van der Waals surface area (Å²) in [6.07, 6.45) is 3.69. The number of ether oxygens (including phenoxy) is 1. The molecule has 1 spiro atoms. The molecule has 3 aromatic carbocycles. The Balaban J connectivity index is 1.51. The van der Waals surface area contributed by atoms with E-state index in [0.29, 0.717) is 23.8 Å². The highest BCUT2D eigenvalue weighted by Crippen LogP contribution is 2.58. The van der Waals surface area contributed by atoms with E-state index in [9.17, 15) is 9.90 Å². The highest BCUT2D eigenvalue weighted by Gasteiger charge is 2.54. The fourth-order valence-electron chi connectivity index (χ4n) is 6.32. The van der Waals surface area contributed by atoms with E-state index in [1.54, 1.807) is 19.2 Å². The first-order chi connectivity index (χ1) is 16.4. The van der Waals surface area contributed by atoms with Crippen molar-refractivity contribution in [3.63, 3.8) is 0 Å². The molecule has 0 aromatic heterocycles. The van der Waals surface area contributed by atoms with E-state index in [4.69, 9.17) is 16.3 Å². The van der Waals surface area contributed by atoms with Crippen LogP contribution in [0.3, 0.4) is 0 Å². The minimum atomic E-state index is -1.01. The second-order valence-corrected chi connectivity index (χ2v) is 10.3. The number of methoxy groups -OCH3 is 1. The Labute approximate surface area is 205 Å². The van der Waals surface area contributed by atoms with Crippen molar-refractivity contribution in [1.82, 2.24) is 0 Å². The molecule has 2 aliphatic rings. The predicted molar refractivity (Wildman–Crippen MR) is 136 cm³/mol. The number of aryl methyl sites for hydroxylation is 1. The second-order valence-electron chi connectivity index (χ2n) is 9.82.